The number of aryl methyl sites for hydroxylation is 1. The molecule has 0 radical (unpaired) electrons. The lowest BCUT2D eigenvalue weighted by Gasteiger charge is -2.36. The van der Waals surface area contributed by atoms with E-state index in [1.807, 2.05) is 39.1 Å². The van der Waals surface area contributed by atoms with Gasteiger partial charge >= 0.3 is 6.09 Å². The first-order chi connectivity index (χ1) is 16.2. The fourth-order valence-corrected chi connectivity index (χ4v) is 4.52. The minimum absolute atomic E-state index is 0.197. The molecule has 0 unspecified atom stereocenters. The number of hydrogen-bond acceptors (Lipinski definition) is 6. The second-order valence-corrected chi connectivity index (χ2v) is 10.4. The Labute approximate surface area is 203 Å². The summed E-state index contributed by atoms with van der Waals surface area (Å²) in [5.74, 6) is 0.682. The molecule has 2 fully saturated rings. The third kappa shape index (κ3) is 6.78. The van der Waals surface area contributed by atoms with Crippen molar-refractivity contribution in [3.05, 3.63) is 48.2 Å². The molecular weight excluding hydrogens is 428 g/mol. The van der Waals surface area contributed by atoms with Gasteiger partial charge in [-0.3, -0.25) is 0 Å². The first-order valence-corrected chi connectivity index (χ1v) is 12.4. The molecule has 1 amide bonds. The number of rotatable bonds is 5. The average Bonchev–Trinajstić information content (AvgIpc) is 2.81. The van der Waals surface area contributed by atoms with Gasteiger partial charge in [0.25, 0.3) is 0 Å². The number of nitrogens with zero attached hydrogens (tertiary/aromatic N) is 3. The molecular formula is C27H38N4O3. The van der Waals surface area contributed by atoms with Crippen LogP contribution in [0, 0.1) is 6.92 Å². The van der Waals surface area contributed by atoms with Crippen LogP contribution < -0.4 is 15.0 Å². The van der Waals surface area contributed by atoms with Gasteiger partial charge in [0.05, 0.1) is 0 Å². The van der Waals surface area contributed by atoms with Crippen LogP contribution in [0.5, 0.6) is 5.88 Å². The number of hydrogen-bond donors (Lipinski definition) is 1. The second kappa shape index (κ2) is 10.5. The van der Waals surface area contributed by atoms with Crippen molar-refractivity contribution in [3.63, 3.8) is 0 Å². The van der Waals surface area contributed by atoms with Gasteiger partial charge in [0, 0.05) is 55.9 Å². The highest BCUT2D eigenvalue weighted by molar-refractivity contribution is 5.68. The zero-order valence-corrected chi connectivity index (χ0v) is 20.9. The van der Waals surface area contributed by atoms with Crippen LogP contribution in [-0.4, -0.2) is 59.9 Å². The third-order valence-corrected chi connectivity index (χ3v) is 6.40. The number of ether oxygens (including phenoxy) is 2. The zero-order chi connectivity index (χ0) is 24.1. The maximum atomic E-state index is 12.3. The van der Waals surface area contributed by atoms with E-state index in [4.69, 9.17) is 9.47 Å². The van der Waals surface area contributed by atoms with E-state index in [0.29, 0.717) is 25.0 Å². The molecule has 1 N–H and O–H groups in total. The molecule has 2 heterocycles. The van der Waals surface area contributed by atoms with Crippen molar-refractivity contribution in [2.75, 3.05) is 36.4 Å². The van der Waals surface area contributed by atoms with Crippen molar-refractivity contribution in [1.82, 2.24) is 9.88 Å². The number of carbonyl (C=O) groups is 1. The van der Waals surface area contributed by atoms with E-state index >= 15 is 0 Å². The molecule has 7 heteroatoms. The van der Waals surface area contributed by atoms with E-state index in [9.17, 15) is 4.79 Å². The molecule has 184 valence electrons. The summed E-state index contributed by atoms with van der Waals surface area (Å²) in [6.07, 6.45) is 5.99. The highest BCUT2D eigenvalue weighted by Gasteiger charge is 2.27. The standard InChI is InChI=1S/C27H38N4O3/c1-20-5-7-21(8-6-20)29-22-9-11-24(12-10-22)33-25-19-23(13-14-28-25)30-15-17-31(18-16-30)26(32)34-27(2,3)4/h5-8,13-14,19,22,24,29H,9-12,15-18H2,1-4H3/t22-,24-. The molecule has 4 rings (SSSR count). The van der Waals surface area contributed by atoms with Crippen molar-refractivity contribution in [2.24, 2.45) is 0 Å². The molecule has 1 aromatic carbocycles. The number of amides is 1. The van der Waals surface area contributed by atoms with E-state index in [2.05, 4.69) is 46.4 Å². The van der Waals surface area contributed by atoms with Gasteiger partial charge in [-0.05, 0) is 71.6 Å². The normalized spacial score (nSPS) is 21.2. The number of carbonyl (C=O) groups excluding carboxylic acids is 1. The maximum absolute atomic E-state index is 12.3. The maximum Gasteiger partial charge on any atom is 0.410 e. The Morgan fingerprint density at radius 3 is 2.32 bits per heavy atom. The number of pyridine rings is 1. The highest BCUT2D eigenvalue weighted by Crippen LogP contribution is 2.27. The van der Waals surface area contributed by atoms with E-state index in [-0.39, 0.29) is 12.2 Å². The monoisotopic (exact) mass is 466 g/mol. The lowest BCUT2D eigenvalue weighted by molar-refractivity contribution is 0.0240. The van der Waals surface area contributed by atoms with Gasteiger partial charge in [0.2, 0.25) is 5.88 Å². The minimum Gasteiger partial charge on any atom is -0.474 e. The Balaban J connectivity index is 1.24. The van der Waals surface area contributed by atoms with Crippen molar-refractivity contribution in [2.45, 2.75) is 71.1 Å². The number of nitrogens with one attached hydrogen (secondary N) is 1. The smallest absolute Gasteiger partial charge is 0.410 e. The predicted octanol–water partition coefficient (Wildman–Crippen LogP) is 5.25. The fraction of sp³-hybridized carbons (Fsp3) is 0.556. The number of piperazine rings is 1. The number of aromatic nitrogens is 1. The van der Waals surface area contributed by atoms with E-state index in [1.165, 1.54) is 11.3 Å². The quantitative estimate of drug-likeness (QED) is 0.649. The molecule has 1 aliphatic carbocycles. The molecule has 7 nitrogen and oxygen atoms in total. The first-order valence-electron chi connectivity index (χ1n) is 12.4. The molecule has 1 aliphatic heterocycles. The van der Waals surface area contributed by atoms with Gasteiger partial charge in [-0.25, -0.2) is 9.78 Å². The SMILES string of the molecule is Cc1ccc(N[C@H]2CC[C@H](Oc3cc(N4CCN(C(=O)OC(C)(C)C)CC4)ccn3)CC2)cc1. The Morgan fingerprint density at radius 2 is 1.68 bits per heavy atom. The van der Waals surface area contributed by atoms with E-state index in [0.717, 1.165) is 44.5 Å². The minimum atomic E-state index is -0.471. The lowest BCUT2D eigenvalue weighted by atomic mass is 9.92. The van der Waals surface area contributed by atoms with Crippen LogP contribution in [0.3, 0.4) is 0 Å². The van der Waals surface area contributed by atoms with Gasteiger partial charge in [-0.1, -0.05) is 17.7 Å². The van der Waals surface area contributed by atoms with E-state index < -0.39 is 5.60 Å². The topological polar surface area (TPSA) is 66.9 Å². The van der Waals surface area contributed by atoms with Gasteiger partial charge in [-0.15, -0.1) is 0 Å². The highest BCUT2D eigenvalue weighted by atomic mass is 16.6. The van der Waals surface area contributed by atoms with Crippen molar-refractivity contribution < 1.29 is 14.3 Å². The van der Waals surface area contributed by atoms with Crippen LogP contribution in [0.4, 0.5) is 16.2 Å². The molecule has 0 spiro atoms. The average molecular weight is 467 g/mol. The summed E-state index contributed by atoms with van der Waals surface area (Å²) in [7, 11) is 0. The first kappa shape index (κ1) is 24.2. The summed E-state index contributed by atoms with van der Waals surface area (Å²) >= 11 is 0. The van der Waals surface area contributed by atoms with Crippen LogP contribution in [0.2, 0.25) is 0 Å². The molecule has 1 saturated carbocycles. The molecule has 0 bridgehead atoms. The van der Waals surface area contributed by atoms with Crippen molar-refractivity contribution >= 4 is 17.5 Å². The summed E-state index contributed by atoms with van der Waals surface area (Å²) in [6, 6.07) is 13.1. The van der Waals surface area contributed by atoms with Gasteiger partial charge in [0.15, 0.2) is 0 Å². The summed E-state index contributed by atoms with van der Waals surface area (Å²) in [6.45, 7) is 10.6. The largest absolute Gasteiger partial charge is 0.474 e. The van der Waals surface area contributed by atoms with Gasteiger partial charge < -0.3 is 24.6 Å². The van der Waals surface area contributed by atoms with Crippen LogP contribution in [0.25, 0.3) is 0 Å². The number of benzene rings is 1. The molecule has 2 aromatic rings. The fourth-order valence-electron chi connectivity index (χ4n) is 4.52. The van der Waals surface area contributed by atoms with Gasteiger partial charge in [-0.2, -0.15) is 0 Å². The van der Waals surface area contributed by atoms with Gasteiger partial charge in [0.1, 0.15) is 11.7 Å². The number of anilines is 2. The van der Waals surface area contributed by atoms with Crippen molar-refractivity contribution in [3.8, 4) is 5.88 Å². The van der Waals surface area contributed by atoms with Crippen LogP contribution >= 0.6 is 0 Å². The molecule has 2 aliphatic rings. The molecule has 1 aromatic heterocycles. The Morgan fingerprint density at radius 1 is 1.00 bits per heavy atom. The second-order valence-electron chi connectivity index (χ2n) is 10.4. The Kier molecular flexibility index (Phi) is 7.49. The van der Waals surface area contributed by atoms with Crippen LogP contribution in [0.15, 0.2) is 42.6 Å². The lowest BCUT2D eigenvalue weighted by Crippen LogP contribution is -2.50. The van der Waals surface area contributed by atoms with E-state index in [1.54, 1.807) is 4.90 Å². The predicted molar refractivity (Wildman–Crippen MR) is 136 cm³/mol. The van der Waals surface area contributed by atoms with Crippen LogP contribution in [0.1, 0.15) is 52.0 Å². The summed E-state index contributed by atoms with van der Waals surface area (Å²) in [5, 5.41) is 3.65. The molecule has 1 saturated heterocycles. The van der Waals surface area contributed by atoms with Crippen LogP contribution in [-0.2, 0) is 4.74 Å². The summed E-state index contributed by atoms with van der Waals surface area (Å²) in [4.78, 5) is 20.8. The Hall–Kier alpha value is -2.96. The Bertz CT molecular complexity index is 941. The summed E-state index contributed by atoms with van der Waals surface area (Å²) < 4.78 is 11.8. The molecule has 34 heavy (non-hydrogen) atoms. The third-order valence-electron chi connectivity index (χ3n) is 6.40. The molecule has 0 atom stereocenters. The summed E-state index contributed by atoms with van der Waals surface area (Å²) in [5.41, 5.74) is 3.09. The zero-order valence-electron chi connectivity index (χ0n) is 20.9. The van der Waals surface area contributed by atoms with Crippen molar-refractivity contribution in [1.29, 1.82) is 0 Å².